The second-order valence-corrected chi connectivity index (χ2v) is 4.77. The highest BCUT2D eigenvalue weighted by atomic mass is 16.3. The normalized spacial score (nSPS) is 10.4. The number of carbonyl (C=O) groups excluding carboxylic acids is 1. The van der Waals surface area contributed by atoms with Crippen molar-refractivity contribution in [3.63, 3.8) is 0 Å². The molecule has 0 saturated heterocycles. The van der Waals surface area contributed by atoms with E-state index < -0.39 is 0 Å². The standard InChI is InChI=1S/C15H25N3O2/c1-4-7-16-14-11-13(10-12(3)17-14)15(20)18(5-2)8-6-9-19/h10-11,19H,4-9H2,1-3H3,(H,16,17). The SMILES string of the molecule is CCCNc1cc(C(=O)N(CC)CCCO)cc(C)n1. The maximum Gasteiger partial charge on any atom is 0.254 e. The molecule has 1 rings (SSSR count). The van der Waals surface area contributed by atoms with E-state index in [1.54, 1.807) is 17.0 Å². The van der Waals surface area contributed by atoms with Crippen LogP contribution in [-0.2, 0) is 0 Å². The van der Waals surface area contributed by atoms with E-state index in [0.717, 1.165) is 24.5 Å². The number of rotatable bonds is 8. The van der Waals surface area contributed by atoms with Gasteiger partial charge in [-0.1, -0.05) is 6.92 Å². The van der Waals surface area contributed by atoms with Crippen molar-refractivity contribution in [3.05, 3.63) is 23.4 Å². The molecule has 1 amide bonds. The lowest BCUT2D eigenvalue weighted by Gasteiger charge is -2.21. The molecule has 5 nitrogen and oxygen atoms in total. The van der Waals surface area contributed by atoms with Crippen molar-refractivity contribution in [2.45, 2.75) is 33.6 Å². The van der Waals surface area contributed by atoms with Gasteiger partial charge in [0.05, 0.1) is 0 Å². The molecule has 20 heavy (non-hydrogen) atoms. The number of pyridine rings is 1. The lowest BCUT2D eigenvalue weighted by atomic mass is 10.2. The number of aliphatic hydroxyl groups excluding tert-OH is 1. The van der Waals surface area contributed by atoms with Gasteiger partial charge >= 0.3 is 0 Å². The Morgan fingerprint density at radius 1 is 1.40 bits per heavy atom. The minimum atomic E-state index is -0.00833. The average molecular weight is 279 g/mol. The second kappa shape index (κ2) is 8.53. The van der Waals surface area contributed by atoms with Gasteiger partial charge in [0, 0.05) is 37.5 Å². The van der Waals surface area contributed by atoms with E-state index in [1.165, 1.54) is 0 Å². The molecule has 112 valence electrons. The van der Waals surface area contributed by atoms with Crippen LogP contribution in [0.5, 0.6) is 0 Å². The Kier molecular flexibility index (Phi) is 7.01. The van der Waals surface area contributed by atoms with Crippen LogP contribution in [0.2, 0.25) is 0 Å². The number of anilines is 1. The third-order valence-corrected chi connectivity index (χ3v) is 3.01. The van der Waals surface area contributed by atoms with Crippen molar-refractivity contribution >= 4 is 11.7 Å². The van der Waals surface area contributed by atoms with Crippen LogP contribution in [0.1, 0.15) is 42.7 Å². The molecule has 1 heterocycles. The van der Waals surface area contributed by atoms with Gasteiger partial charge in [0.1, 0.15) is 5.82 Å². The van der Waals surface area contributed by atoms with Gasteiger partial charge in [-0.05, 0) is 38.8 Å². The zero-order valence-electron chi connectivity index (χ0n) is 12.6. The summed E-state index contributed by atoms with van der Waals surface area (Å²) in [5.41, 5.74) is 1.48. The number of hydrogen-bond acceptors (Lipinski definition) is 4. The summed E-state index contributed by atoms with van der Waals surface area (Å²) in [6, 6.07) is 3.60. The van der Waals surface area contributed by atoms with Gasteiger partial charge in [0.15, 0.2) is 0 Å². The summed E-state index contributed by atoms with van der Waals surface area (Å²) in [5.74, 6) is 0.736. The fourth-order valence-electron chi connectivity index (χ4n) is 1.98. The Morgan fingerprint density at radius 3 is 2.75 bits per heavy atom. The van der Waals surface area contributed by atoms with E-state index in [2.05, 4.69) is 17.2 Å². The van der Waals surface area contributed by atoms with Crippen molar-refractivity contribution in [2.75, 3.05) is 31.6 Å². The Balaban J connectivity index is 2.87. The van der Waals surface area contributed by atoms with Gasteiger partial charge < -0.3 is 15.3 Å². The van der Waals surface area contributed by atoms with Crippen LogP contribution in [0.15, 0.2) is 12.1 Å². The molecule has 0 bridgehead atoms. The Morgan fingerprint density at radius 2 is 2.15 bits per heavy atom. The van der Waals surface area contributed by atoms with E-state index in [9.17, 15) is 4.79 Å². The molecule has 0 aliphatic carbocycles. The van der Waals surface area contributed by atoms with Crippen LogP contribution in [0, 0.1) is 6.92 Å². The summed E-state index contributed by atoms with van der Waals surface area (Å²) >= 11 is 0. The lowest BCUT2D eigenvalue weighted by Crippen LogP contribution is -2.32. The van der Waals surface area contributed by atoms with Gasteiger partial charge in [-0.25, -0.2) is 4.98 Å². The van der Waals surface area contributed by atoms with Crippen molar-refractivity contribution < 1.29 is 9.90 Å². The van der Waals surface area contributed by atoms with E-state index >= 15 is 0 Å². The third-order valence-electron chi connectivity index (χ3n) is 3.01. The van der Waals surface area contributed by atoms with Crippen LogP contribution >= 0.6 is 0 Å². The second-order valence-electron chi connectivity index (χ2n) is 4.77. The highest BCUT2D eigenvalue weighted by molar-refractivity contribution is 5.95. The van der Waals surface area contributed by atoms with Crippen LogP contribution in [0.3, 0.4) is 0 Å². The molecule has 0 aliphatic rings. The quantitative estimate of drug-likeness (QED) is 0.764. The number of hydrogen-bond donors (Lipinski definition) is 2. The first kappa shape index (κ1) is 16.4. The van der Waals surface area contributed by atoms with E-state index in [4.69, 9.17) is 5.11 Å². The maximum atomic E-state index is 12.4. The van der Waals surface area contributed by atoms with E-state index in [0.29, 0.717) is 25.1 Å². The lowest BCUT2D eigenvalue weighted by molar-refractivity contribution is 0.0754. The number of nitrogens with zero attached hydrogens (tertiary/aromatic N) is 2. The van der Waals surface area contributed by atoms with Gasteiger partial charge in [-0.15, -0.1) is 0 Å². The topological polar surface area (TPSA) is 65.5 Å². The highest BCUT2D eigenvalue weighted by Gasteiger charge is 2.15. The van der Waals surface area contributed by atoms with Gasteiger partial charge in [-0.3, -0.25) is 4.79 Å². The van der Waals surface area contributed by atoms with Gasteiger partial charge in [0.2, 0.25) is 0 Å². The molecule has 0 saturated carbocycles. The largest absolute Gasteiger partial charge is 0.396 e. The molecule has 0 unspecified atom stereocenters. The Bertz CT molecular complexity index is 435. The molecule has 2 N–H and O–H groups in total. The number of aromatic nitrogens is 1. The van der Waals surface area contributed by atoms with Crippen LogP contribution in [0.4, 0.5) is 5.82 Å². The first-order valence-corrected chi connectivity index (χ1v) is 7.25. The van der Waals surface area contributed by atoms with Crippen LogP contribution in [0.25, 0.3) is 0 Å². The summed E-state index contributed by atoms with van der Waals surface area (Å²) < 4.78 is 0. The minimum Gasteiger partial charge on any atom is -0.396 e. The monoisotopic (exact) mass is 279 g/mol. The first-order valence-electron chi connectivity index (χ1n) is 7.25. The van der Waals surface area contributed by atoms with Crippen LogP contribution < -0.4 is 5.32 Å². The predicted molar refractivity (Wildman–Crippen MR) is 81.0 cm³/mol. The molecule has 0 aromatic carbocycles. The molecule has 0 spiro atoms. The summed E-state index contributed by atoms with van der Waals surface area (Å²) in [4.78, 5) is 18.6. The maximum absolute atomic E-state index is 12.4. The smallest absolute Gasteiger partial charge is 0.254 e. The number of aliphatic hydroxyl groups is 1. The Labute approximate surface area is 121 Å². The van der Waals surface area contributed by atoms with E-state index in [1.807, 2.05) is 13.8 Å². The number of carbonyl (C=O) groups is 1. The van der Waals surface area contributed by atoms with Crippen molar-refractivity contribution in [3.8, 4) is 0 Å². The summed E-state index contributed by atoms with van der Waals surface area (Å²) in [6.45, 7) is 8.07. The van der Waals surface area contributed by atoms with Crippen molar-refractivity contribution in [1.29, 1.82) is 0 Å². The minimum absolute atomic E-state index is 0.00833. The summed E-state index contributed by atoms with van der Waals surface area (Å²) in [5, 5.41) is 12.1. The summed E-state index contributed by atoms with van der Waals surface area (Å²) in [7, 11) is 0. The zero-order valence-corrected chi connectivity index (χ0v) is 12.6. The number of nitrogens with one attached hydrogen (secondary N) is 1. The van der Waals surface area contributed by atoms with Crippen molar-refractivity contribution in [1.82, 2.24) is 9.88 Å². The molecule has 0 fully saturated rings. The summed E-state index contributed by atoms with van der Waals surface area (Å²) in [6.07, 6.45) is 1.61. The molecular formula is C15H25N3O2. The molecule has 1 aromatic heterocycles. The Hall–Kier alpha value is -1.62. The molecular weight excluding hydrogens is 254 g/mol. The average Bonchev–Trinajstić information content (AvgIpc) is 2.45. The molecule has 1 aromatic rings. The van der Waals surface area contributed by atoms with Gasteiger partial charge in [-0.2, -0.15) is 0 Å². The fraction of sp³-hybridized carbons (Fsp3) is 0.600. The third kappa shape index (κ3) is 4.81. The highest BCUT2D eigenvalue weighted by Crippen LogP contribution is 2.13. The molecule has 0 radical (unpaired) electrons. The van der Waals surface area contributed by atoms with E-state index in [-0.39, 0.29) is 12.5 Å². The molecule has 5 heteroatoms. The van der Waals surface area contributed by atoms with Crippen LogP contribution in [-0.4, -0.2) is 47.1 Å². The number of aryl methyl sites for hydroxylation is 1. The van der Waals surface area contributed by atoms with Gasteiger partial charge in [0.25, 0.3) is 5.91 Å². The molecule has 0 atom stereocenters. The predicted octanol–water partition coefficient (Wildman–Crippen LogP) is 2.06. The fourth-order valence-corrected chi connectivity index (χ4v) is 1.98. The molecule has 0 aliphatic heterocycles. The zero-order chi connectivity index (χ0) is 15.0. The first-order chi connectivity index (χ1) is 9.62. The number of amides is 1. The van der Waals surface area contributed by atoms with Crippen molar-refractivity contribution in [2.24, 2.45) is 0 Å².